The zero-order valence-corrected chi connectivity index (χ0v) is 11.2. The molecule has 0 bridgehead atoms. The molecular formula is C15H20FNO2. The van der Waals surface area contributed by atoms with E-state index in [1.807, 2.05) is 0 Å². The van der Waals surface area contributed by atoms with Gasteiger partial charge in [0.25, 0.3) is 0 Å². The summed E-state index contributed by atoms with van der Waals surface area (Å²) in [5.74, 6) is 0.841. The number of halogens is 1. The molecule has 1 amide bonds. The summed E-state index contributed by atoms with van der Waals surface area (Å²) >= 11 is 0. The number of nitrogens with one attached hydrogen (secondary N) is 1. The lowest BCUT2D eigenvalue weighted by atomic mass is 10.1. The van der Waals surface area contributed by atoms with Gasteiger partial charge >= 0.3 is 0 Å². The zero-order valence-electron chi connectivity index (χ0n) is 11.2. The van der Waals surface area contributed by atoms with Crippen molar-refractivity contribution in [3.63, 3.8) is 0 Å². The standard InChI is InChI=1S/C15H20FNO2/c1-11-5-6-13(9-11)17-15(18)7-8-19-14-4-2-3-12(16)10-14/h2-4,10-11,13H,5-9H2,1H3,(H,17,18). The molecule has 1 aliphatic rings. The molecule has 1 saturated carbocycles. The molecule has 4 heteroatoms. The molecule has 0 saturated heterocycles. The second kappa shape index (κ2) is 6.55. The Balaban J connectivity index is 1.66. The Bertz CT molecular complexity index is 436. The summed E-state index contributed by atoms with van der Waals surface area (Å²) in [5, 5.41) is 3.01. The largest absolute Gasteiger partial charge is 0.493 e. The topological polar surface area (TPSA) is 38.3 Å². The van der Waals surface area contributed by atoms with Crippen molar-refractivity contribution in [2.24, 2.45) is 5.92 Å². The van der Waals surface area contributed by atoms with Crippen molar-refractivity contribution in [1.29, 1.82) is 0 Å². The van der Waals surface area contributed by atoms with E-state index in [-0.39, 0.29) is 18.3 Å². The van der Waals surface area contributed by atoms with Crippen molar-refractivity contribution < 1.29 is 13.9 Å². The number of amides is 1. The van der Waals surface area contributed by atoms with Gasteiger partial charge in [-0.1, -0.05) is 13.0 Å². The minimum Gasteiger partial charge on any atom is -0.493 e. The summed E-state index contributed by atoms with van der Waals surface area (Å²) in [7, 11) is 0. The van der Waals surface area contributed by atoms with Gasteiger partial charge in [0.1, 0.15) is 11.6 Å². The van der Waals surface area contributed by atoms with E-state index in [1.165, 1.54) is 18.6 Å². The van der Waals surface area contributed by atoms with Gasteiger partial charge < -0.3 is 10.1 Å². The van der Waals surface area contributed by atoms with Crippen LogP contribution in [0.1, 0.15) is 32.6 Å². The van der Waals surface area contributed by atoms with Crippen LogP contribution in [0.4, 0.5) is 4.39 Å². The van der Waals surface area contributed by atoms with Crippen LogP contribution in [-0.2, 0) is 4.79 Å². The molecular weight excluding hydrogens is 245 g/mol. The average Bonchev–Trinajstić information content (AvgIpc) is 2.75. The molecule has 1 N–H and O–H groups in total. The van der Waals surface area contributed by atoms with Crippen LogP contribution in [0.3, 0.4) is 0 Å². The molecule has 1 aromatic carbocycles. The Morgan fingerprint density at radius 2 is 2.32 bits per heavy atom. The lowest BCUT2D eigenvalue weighted by Crippen LogP contribution is -2.33. The van der Waals surface area contributed by atoms with Crippen molar-refractivity contribution in [1.82, 2.24) is 5.32 Å². The van der Waals surface area contributed by atoms with Crippen molar-refractivity contribution in [3.05, 3.63) is 30.1 Å². The predicted octanol–water partition coefficient (Wildman–Crippen LogP) is 2.90. The van der Waals surface area contributed by atoms with Gasteiger partial charge in [0, 0.05) is 12.1 Å². The highest BCUT2D eigenvalue weighted by molar-refractivity contribution is 5.76. The molecule has 2 unspecified atom stereocenters. The van der Waals surface area contributed by atoms with Crippen LogP contribution < -0.4 is 10.1 Å². The SMILES string of the molecule is CC1CCC(NC(=O)CCOc2cccc(F)c2)C1. The van der Waals surface area contributed by atoms with E-state index in [1.54, 1.807) is 12.1 Å². The number of benzene rings is 1. The van der Waals surface area contributed by atoms with Gasteiger partial charge in [-0.3, -0.25) is 4.79 Å². The molecule has 0 aromatic heterocycles. The smallest absolute Gasteiger partial charge is 0.223 e. The molecule has 1 aromatic rings. The molecule has 0 heterocycles. The summed E-state index contributed by atoms with van der Waals surface area (Å²) in [4.78, 5) is 11.7. The molecule has 0 radical (unpaired) electrons. The van der Waals surface area contributed by atoms with Crippen molar-refractivity contribution in [2.75, 3.05) is 6.61 Å². The van der Waals surface area contributed by atoms with Gasteiger partial charge in [-0.05, 0) is 37.3 Å². The summed E-state index contributed by atoms with van der Waals surface area (Å²) in [5.41, 5.74) is 0. The van der Waals surface area contributed by atoms with Crippen LogP contribution in [0.2, 0.25) is 0 Å². The summed E-state index contributed by atoms with van der Waals surface area (Å²) in [6.45, 7) is 2.48. The first kappa shape index (κ1) is 13.8. The summed E-state index contributed by atoms with van der Waals surface area (Å²) in [6.07, 6.45) is 3.63. The highest BCUT2D eigenvalue weighted by Gasteiger charge is 2.22. The number of carbonyl (C=O) groups is 1. The lowest BCUT2D eigenvalue weighted by molar-refractivity contribution is -0.122. The third kappa shape index (κ3) is 4.54. The van der Waals surface area contributed by atoms with E-state index in [9.17, 15) is 9.18 Å². The quantitative estimate of drug-likeness (QED) is 0.889. The molecule has 104 valence electrons. The number of hydrogen-bond acceptors (Lipinski definition) is 2. The Labute approximate surface area is 113 Å². The first-order chi connectivity index (χ1) is 9.13. The highest BCUT2D eigenvalue weighted by Crippen LogP contribution is 2.24. The highest BCUT2D eigenvalue weighted by atomic mass is 19.1. The molecule has 2 rings (SSSR count). The first-order valence-electron chi connectivity index (χ1n) is 6.81. The Hall–Kier alpha value is -1.58. The van der Waals surface area contributed by atoms with Gasteiger partial charge in [0.2, 0.25) is 5.91 Å². The van der Waals surface area contributed by atoms with Crippen molar-refractivity contribution in [3.8, 4) is 5.75 Å². The number of hydrogen-bond donors (Lipinski definition) is 1. The van der Waals surface area contributed by atoms with E-state index >= 15 is 0 Å². The summed E-state index contributed by atoms with van der Waals surface area (Å²) < 4.78 is 18.2. The second-order valence-electron chi connectivity index (χ2n) is 5.24. The fourth-order valence-electron chi connectivity index (χ4n) is 2.46. The van der Waals surface area contributed by atoms with E-state index in [4.69, 9.17) is 4.74 Å². The van der Waals surface area contributed by atoms with Gasteiger partial charge in [-0.15, -0.1) is 0 Å². The number of ether oxygens (including phenoxy) is 1. The molecule has 2 atom stereocenters. The van der Waals surface area contributed by atoms with Crippen molar-refractivity contribution >= 4 is 5.91 Å². The normalized spacial score (nSPS) is 22.2. The van der Waals surface area contributed by atoms with E-state index in [0.29, 0.717) is 24.1 Å². The van der Waals surface area contributed by atoms with Crippen LogP contribution in [0, 0.1) is 11.7 Å². The average molecular weight is 265 g/mol. The maximum absolute atomic E-state index is 12.9. The fourth-order valence-corrected chi connectivity index (χ4v) is 2.46. The first-order valence-corrected chi connectivity index (χ1v) is 6.81. The minimum absolute atomic E-state index is 0.00973. The van der Waals surface area contributed by atoms with E-state index in [0.717, 1.165) is 12.8 Å². The number of carbonyl (C=O) groups excluding carboxylic acids is 1. The lowest BCUT2D eigenvalue weighted by Gasteiger charge is -2.12. The Kier molecular flexibility index (Phi) is 4.77. The molecule has 0 spiro atoms. The van der Waals surface area contributed by atoms with Crippen LogP contribution >= 0.6 is 0 Å². The predicted molar refractivity (Wildman–Crippen MR) is 71.5 cm³/mol. The van der Waals surface area contributed by atoms with Crippen LogP contribution in [0.5, 0.6) is 5.75 Å². The van der Waals surface area contributed by atoms with Crippen molar-refractivity contribution in [2.45, 2.75) is 38.6 Å². The van der Waals surface area contributed by atoms with Gasteiger partial charge in [-0.2, -0.15) is 0 Å². The molecule has 3 nitrogen and oxygen atoms in total. The van der Waals surface area contributed by atoms with Gasteiger partial charge in [0.05, 0.1) is 13.0 Å². The van der Waals surface area contributed by atoms with Crippen LogP contribution in [0.25, 0.3) is 0 Å². The number of rotatable bonds is 5. The molecule has 1 aliphatic carbocycles. The van der Waals surface area contributed by atoms with E-state index < -0.39 is 0 Å². The third-order valence-corrected chi connectivity index (χ3v) is 3.45. The van der Waals surface area contributed by atoms with Crippen LogP contribution in [0.15, 0.2) is 24.3 Å². The zero-order chi connectivity index (χ0) is 13.7. The Morgan fingerprint density at radius 3 is 3.00 bits per heavy atom. The summed E-state index contributed by atoms with van der Waals surface area (Å²) in [6, 6.07) is 6.26. The van der Waals surface area contributed by atoms with Gasteiger partial charge in [0.15, 0.2) is 0 Å². The second-order valence-corrected chi connectivity index (χ2v) is 5.24. The molecule has 1 fully saturated rings. The van der Waals surface area contributed by atoms with E-state index in [2.05, 4.69) is 12.2 Å². The fraction of sp³-hybridized carbons (Fsp3) is 0.533. The molecule has 19 heavy (non-hydrogen) atoms. The minimum atomic E-state index is -0.332. The maximum Gasteiger partial charge on any atom is 0.223 e. The van der Waals surface area contributed by atoms with Crippen LogP contribution in [-0.4, -0.2) is 18.6 Å². The monoisotopic (exact) mass is 265 g/mol. The maximum atomic E-state index is 12.9. The van der Waals surface area contributed by atoms with Gasteiger partial charge in [-0.25, -0.2) is 4.39 Å². The molecule has 0 aliphatic heterocycles. The third-order valence-electron chi connectivity index (χ3n) is 3.45. The Morgan fingerprint density at radius 1 is 1.47 bits per heavy atom.